The maximum absolute atomic E-state index is 14.0. The molecule has 1 aromatic heterocycles. The topological polar surface area (TPSA) is 145 Å². The number of carbonyl (C=O) groups is 2. The van der Waals surface area contributed by atoms with Gasteiger partial charge >= 0.3 is 0 Å². The number of hydrogen-bond donors (Lipinski definition) is 5. The first-order valence-corrected chi connectivity index (χ1v) is 13.4. The Balaban J connectivity index is 1.46. The van der Waals surface area contributed by atoms with Crippen LogP contribution < -0.4 is 32.6 Å². The van der Waals surface area contributed by atoms with Gasteiger partial charge in [-0.2, -0.15) is 0 Å². The molecule has 9 heteroatoms. The Labute approximate surface area is 224 Å². The zero-order chi connectivity index (χ0) is 26.6. The van der Waals surface area contributed by atoms with Gasteiger partial charge in [-0.15, -0.1) is 11.3 Å². The number of amides is 1. The highest BCUT2D eigenvalue weighted by Gasteiger charge is 2.49. The highest BCUT2D eigenvalue weighted by atomic mass is 32.1. The van der Waals surface area contributed by atoms with Gasteiger partial charge in [-0.25, -0.2) is 0 Å². The van der Waals surface area contributed by atoms with E-state index in [-0.39, 0.29) is 17.7 Å². The van der Waals surface area contributed by atoms with Crippen LogP contribution >= 0.6 is 11.3 Å². The van der Waals surface area contributed by atoms with Gasteiger partial charge in [-0.05, 0) is 66.9 Å². The quantitative estimate of drug-likeness (QED) is 0.250. The summed E-state index contributed by atoms with van der Waals surface area (Å²) in [7, 11) is 0. The Morgan fingerprint density at radius 2 is 1.87 bits per heavy atom. The zero-order valence-electron chi connectivity index (χ0n) is 20.9. The summed E-state index contributed by atoms with van der Waals surface area (Å²) in [6.07, 6.45) is 0.847. The first-order chi connectivity index (χ1) is 18.3. The average Bonchev–Trinajstić information content (AvgIpc) is 3.56. The second-order valence-electron chi connectivity index (χ2n) is 9.96. The molecule has 3 unspecified atom stereocenters. The summed E-state index contributed by atoms with van der Waals surface area (Å²) in [6, 6.07) is 17.4. The Morgan fingerprint density at radius 1 is 1.11 bits per heavy atom. The van der Waals surface area contributed by atoms with Crippen molar-refractivity contribution in [1.29, 1.82) is 0 Å². The van der Waals surface area contributed by atoms with Gasteiger partial charge in [0.05, 0.1) is 15.6 Å². The third-order valence-electron chi connectivity index (χ3n) is 7.52. The van der Waals surface area contributed by atoms with Crippen molar-refractivity contribution in [2.45, 2.75) is 31.0 Å². The third-order valence-corrected chi connectivity index (χ3v) is 8.77. The normalized spacial score (nSPS) is 22.6. The van der Waals surface area contributed by atoms with Gasteiger partial charge in [-0.3, -0.25) is 9.59 Å². The first-order valence-electron chi connectivity index (χ1n) is 12.6. The van der Waals surface area contributed by atoms with E-state index in [2.05, 4.69) is 10.6 Å². The zero-order valence-corrected chi connectivity index (χ0v) is 21.7. The molecule has 0 radical (unpaired) electrons. The van der Waals surface area contributed by atoms with Crippen molar-refractivity contribution in [2.75, 3.05) is 18.8 Å². The summed E-state index contributed by atoms with van der Waals surface area (Å²) in [5.41, 5.74) is 21.5. The van der Waals surface area contributed by atoms with Crippen LogP contribution in [0.5, 0.6) is 11.5 Å². The fourth-order valence-electron chi connectivity index (χ4n) is 5.62. The van der Waals surface area contributed by atoms with Crippen LogP contribution in [0.25, 0.3) is 10.1 Å². The van der Waals surface area contributed by atoms with Gasteiger partial charge in [0.2, 0.25) is 0 Å². The molecule has 1 aliphatic heterocycles. The van der Waals surface area contributed by atoms with Gasteiger partial charge in [0.15, 0.2) is 5.78 Å². The summed E-state index contributed by atoms with van der Waals surface area (Å²) < 4.78 is 6.70. The van der Waals surface area contributed by atoms with Crippen LogP contribution in [-0.2, 0) is 10.3 Å². The Morgan fingerprint density at radius 3 is 2.58 bits per heavy atom. The van der Waals surface area contributed by atoms with Crippen LogP contribution in [0.15, 0.2) is 60.7 Å². The third kappa shape index (κ3) is 3.78. The monoisotopic (exact) mass is 527 g/mol. The lowest BCUT2D eigenvalue weighted by Gasteiger charge is -2.37. The van der Waals surface area contributed by atoms with E-state index in [0.717, 1.165) is 18.5 Å². The van der Waals surface area contributed by atoms with Crippen molar-refractivity contribution in [1.82, 2.24) is 10.6 Å². The predicted molar refractivity (Wildman–Crippen MR) is 150 cm³/mol. The number of anilines is 1. The molecule has 4 aromatic rings. The number of Topliss-reactive ketones (excluding diaryl/α,β-unsaturated/α-hetero) is 1. The number of ether oxygens (including phenoxy) is 1. The van der Waals surface area contributed by atoms with Crippen molar-refractivity contribution in [3.8, 4) is 11.5 Å². The minimum Gasteiger partial charge on any atom is -0.457 e. The molecule has 3 aromatic carbocycles. The summed E-state index contributed by atoms with van der Waals surface area (Å²) in [4.78, 5) is 27.8. The standard InChI is InChI=1S/C29H29N5O3S/c1-15-13-18(37-17-5-3-2-4-6-17)7-8-19(15)29(32)20-9-10-21(30)25-22(20)23(24(31)27(29)35)26(38-25)28(36)34-16-11-12-33-14-16/h2-10,13,16,24,33H,11-12,14,30-32H2,1H3,(H,34,36). The Bertz CT molecular complexity index is 1580. The van der Waals surface area contributed by atoms with Crippen LogP contribution in [-0.4, -0.2) is 30.8 Å². The number of aryl methyl sites for hydroxylation is 1. The highest BCUT2D eigenvalue weighted by Crippen LogP contribution is 2.50. The van der Waals surface area contributed by atoms with Gasteiger partial charge in [-0.1, -0.05) is 30.3 Å². The lowest BCUT2D eigenvalue weighted by molar-refractivity contribution is -0.124. The maximum atomic E-state index is 14.0. The van der Waals surface area contributed by atoms with Crippen LogP contribution in [0.4, 0.5) is 5.69 Å². The second kappa shape index (κ2) is 9.21. The van der Waals surface area contributed by atoms with E-state index in [1.54, 1.807) is 18.2 Å². The number of thiophene rings is 1. The average molecular weight is 528 g/mol. The van der Waals surface area contributed by atoms with E-state index >= 15 is 0 Å². The number of rotatable bonds is 5. The van der Waals surface area contributed by atoms with Gasteiger partial charge in [0, 0.05) is 29.2 Å². The van der Waals surface area contributed by atoms with E-state index in [1.165, 1.54) is 11.3 Å². The van der Waals surface area contributed by atoms with Crippen molar-refractivity contribution in [3.05, 3.63) is 87.8 Å². The molecular formula is C29H29N5O3S. The summed E-state index contributed by atoms with van der Waals surface area (Å²) >= 11 is 1.27. The molecule has 0 spiro atoms. The lowest BCUT2D eigenvalue weighted by Crippen LogP contribution is -2.53. The van der Waals surface area contributed by atoms with Crippen LogP contribution in [0.3, 0.4) is 0 Å². The molecular weight excluding hydrogens is 498 g/mol. The molecule has 1 saturated heterocycles. The fourth-order valence-corrected chi connectivity index (χ4v) is 6.83. The molecule has 6 rings (SSSR count). The fraction of sp³-hybridized carbons (Fsp3) is 0.241. The molecule has 8 nitrogen and oxygen atoms in total. The van der Waals surface area contributed by atoms with Crippen molar-refractivity contribution >= 4 is 38.8 Å². The van der Waals surface area contributed by atoms with E-state index < -0.39 is 11.6 Å². The Hall–Kier alpha value is -3.76. The minimum absolute atomic E-state index is 0.0279. The summed E-state index contributed by atoms with van der Waals surface area (Å²) in [5, 5.41) is 7.02. The molecule has 0 saturated carbocycles. The van der Waals surface area contributed by atoms with Crippen molar-refractivity contribution in [2.24, 2.45) is 11.5 Å². The molecule has 1 amide bonds. The van der Waals surface area contributed by atoms with Crippen LogP contribution in [0, 0.1) is 6.92 Å². The summed E-state index contributed by atoms with van der Waals surface area (Å²) in [6.45, 7) is 3.45. The number of nitrogens with one attached hydrogen (secondary N) is 2. The van der Waals surface area contributed by atoms with E-state index in [4.69, 9.17) is 21.9 Å². The van der Waals surface area contributed by atoms with Crippen LogP contribution in [0.1, 0.15) is 44.4 Å². The largest absolute Gasteiger partial charge is 0.457 e. The molecule has 3 atom stereocenters. The molecule has 0 bridgehead atoms. The second-order valence-corrected chi connectivity index (χ2v) is 11.0. The van der Waals surface area contributed by atoms with Gasteiger partial charge in [0.1, 0.15) is 17.0 Å². The SMILES string of the molecule is Cc1cc(Oc2ccccc2)ccc1C1(N)C(=O)C(N)c2c(C(=O)NC3CCNC3)sc3c(N)ccc1c23. The van der Waals surface area contributed by atoms with Gasteiger partial charge < -0.3 is 32.6 Å². The molecule has 1 fully saturated rings. The number of hydrogen-bond acceptors (Lipinski definition) is 8. The number of ketones is 1. The molecule has 8 N–H and O–H groups in total. The molecule has 2 aliphatic rings. The van der Waals surface area contributed by atoms with Gasteiger partial charge in [0.25, 0.3) is 5.91 Å². The molecule has 2 heterocycles. The van der Waals surface area contributed by atoms with E-state index in [9.17, 15) is 9.59 Å². The first kappa shape index (κ1) is 24.6. The number of benzene rings is 3. The van der Waals surface area contributed by atoms with E-state index in [0.29, 0.717) is 55.4 Å². The minimum atomic E-state index is -1.52. The number of nitrogens with two attached hydrogens (primary N) is 3. The lowest BCUT2D eigenvalue weighted by atomic mass is 9.69. The number of nitrogen functional groups attached to an aromatic ring is 1. The van der Waals surface area contributed by atoms with Crippen molar-refractivity contribution < 1.29 is 14.3 Å². The highest BCUT2D eigenvalue weighted by molar-refractivity contribution is 7.21. The Kier molecular flexibility index (Phi) is 5.96. The number of para-hydroxylation sites is 1. The summed E-state index contributed by atoms with van der Waals surface area (Å²) in [5.74, 6) is 0.727. The van der Waals surface area contributed by atoms with Crippen LogP contribution in [0.2, 0.25) is 0 Å². The number of carbonyl (C=O) groups excluding carboxylic acids is 2. The maximum Gasteiger partial charge on any atom is 0.262 e. The smallest absolute Gasteiger partial charge is 0.262 e. The van der Waals surface area contributed by atoms with E-state index in [1.807, 2.05) is 49.4 Å². The predicted octanol–water partition coefficient (Wildman–Crippen LogP) is 3.46. The molecule has 1 aliphatic carbocycles. The molecule has 194 valence electrons. The molecule has 38 heavy (non-hydrogen) atoms. The van der Waals surface area contributed by atoms with Crippen molar-refractivity contribution in [3.63, 3.8) is 0 Å².